The maximum Gasteiger partial charge on any atom is 0.193 e. The molecule has 0 N–H and O–H groups in total. The molecule has 0 bridgehead atoms. The Labute approximate surface area is 142 Å². The first-order chi connectivity index (χ1) is 11.1. The Bertz CT molecular complexity index is 667. The Balaban J connectivity index is 1.72. The largest absolute Gasteiger partial charge is 0.297 e. The summed E-state index contributed by atoms with van der Waals surface area (Å²) in [7, 11) is 0. The molecule has 2 aromatic rings. The molecule has 0 amide bonds. The van der Waals surface area contributed by atoms with E-state index in [4.69, 9.17) is 0 Å². The molecule has 0 aliphatic carbocycles. The third-order valence-electron chi connectivity index (χ3n) is 4.21. The van der Waals surface area contributed by atoms with Gasteiger partial charge in [0.2, 0.25) is 0 Å². The van der Waals surface area contributed by atoms with Crippen LogP contribution in [0.2, 0.25) is 0 Å². The Hall–Kier alpha value is -1.58. The minimum Gasteiger partial charge on any atom is -0.297 e. The zero-order valence-electron chi connectivity index (χ0n) is 13.8. The minimum absolute atomic E-state index is 0.109. The molecular weight excluding hydrogens is 302 g/mol. The number of thioether (sulfide) groups is 1. The van der Waals surface area contributed by atoms with Crippen LogP contribution in [0.4, 0.5) is 0 Å². The maximum atomic E-state index is 12.6. The first kappa shape index (κ1) is 16.3. The lowest BCUT2D eigenvalue weighted by Gasteiger charge is -2.26. The molecule has 120 valence electrons. The molecule has 0 radical (unpaired) electrons. The molecule has 3 rings (SSSR count). The van der Waals surface area contributed by atoms with E-state index in [1.807, 2.05) is 49.9 Å². The van der Waals surface area contributed by atoms with Gasteiger partial charge in [-0.2, -0.15) is 11.8 Å². The fraction of sp³-hybridized carbons (Fsp3) is 0.350. The second-order valence-electron chi connectivity index (χ2n) is 6.29. The van der Waals surface area contributed by atoms with Crippen molar-refractivity contribution >= 4 is 17.5 Å². The molecule has 1 aliphatic rings. The fourth-order valence-corrected chi connectivity index (χ4v) is 4.03. The molecule has 2 nitrogen and oxygen atoms in total. The van der Waals surface area contributed by atoms with Crippen molar-refractivity contribution < 1.29 is 4.79 Å². The van der Waals surface area contributed by atoms with Gasteiger partial charge in [0, 0.05) is 42.3 Å². The minimum atomic E-state index is 0.109. The molecule has 0 atom stereocenters. The highest BCUT2D eigenvalue weighted by atomic mass is 32.2. The highest BCUT2D eigenvalue weighted by molar-refractivity contribution is 7.99. The van der Waals surface area contributed by atoms with Crippen LogP contribution in [0.5, 0.6) is 0 Å². The summed E-state index contributed by atoms with van der Waals surface area (Å²) in [6, 6.07) is 14.2. The van der Waals surface area contributed by atoms with Crippen molar-refractivity contribution in [1.82, 2.24) is 4.90 Å². The first-order valence-electron chi connectivity index (χ1n) is 8.14. The molecule has 1 saturated heterocycles. The summed E-state index contributed by atoms with van der Waals surface area (Å²) in [6.45, 7) is 7.37. The number of nitrogens with zero attached hydrogens (tertiary/aromatic N) is 1. The summed E-state index contributed by atoms with van der Waals surface area (Å²) >= 11 is 2.03. The second-order valence-corrected chi connectivity index (χ2v) is 7.52. The third kappa shape index (κ3) is 4.24. The van der Waals surface area contributed by atoms with E-state index in [9.17, 15) is 4.79 Å². The van der Waals surface area contributed by atoms with Crippen LogP contribution in [0.3, 0.4) is 0 Å². The highest BCUT2D eigenvalue weighted by Gasteiger charge is 2.12. The Kier molecular flexibility index (Phi) is 5.19. The van der Waals surface area contributed by atoms with Crippen molar-refractivity contribution in [3.63, 3.8) is 0 Å². The van der Waals surface area contributed by atoms with Gasteiger partial charge in [-0.3, -0.25) is 9.69 Å². The number of ketones is 1. The van der Waals surface area contributed by atoms with Crippen LogP contribution >= 0.6 is 11.8 Å². The van der Waals surface area contributed by atoms with Crippen molar-refractivity contribution in [2.24, 2.45) is 0 Å². The van der Waals surface area contributed by atoms with Crippen molar-refractivity contribution in [1.29, 1.82) is 0 Å². The number of rotatable bonds is 4. The predicted molar refractivity (Wildman–Crippen MR) is 98.4 cm³/mol. The summed E-state index contributed by atoms with van der Waals surface area (Å²) in [4.78, 5) is 15.1. The summed E-state index contributed by atoms with van der Waals surface area (Å²) in [5, 5.41) is 0. The lowest BCUT2D eigenvalue weighted by Crippen LogP contribution is -2.31. The first-order valence-corrected chi connectivity index (χ1v) is 9.29. The number of hydrogen-bond donors (Lipinski definition) is 0. The molecule has 1 heterocycles. The van der Waals surface area contributed by atoms with Gasteiger partial charge in [0.1, 0.15) is 0 Å². The average Bonchev–Trinajstić information content (AvgIpc) is 2.55. The van der Waals surface area contributed by atoms with E-state index in [-0.39, 0.29) is 5.78 Å². The molecule has 3 heteroatoms. The molecule has 0 spiro atoms. The van der Waals surface area contributed by atoms with Crippen LogP contribution in [-0.2, 0) is 6.54 Å². The van der Waals surface area contributed by atoms with E-state index in [2.05, 4.69) is 23.1 Å². The van der Waals surface area contributed by atoms with Gasteiger partial charge in [0.05, 0.1) is 0 Å². The van der Waals surface area contributed by atoms with Crippen LogP contribution < -0.4 is 0 Å². The summed E-state index contributed by atoms with van der Waals surface area (Å²) < 4.78 is 0. The number of carbonyl (C=O) groups excluding carboxylic acids is 1. The molecular formula is C20H23NOS. The number of benzene rings is 2. The maximum absolute atomic E-state index is 12.6. The van der Waals surface area contributed by atoms with Crippen LogP contribution in [0.25, 0.3) is 0 Å². The van der Waals surface area contributed by atoms with E-state index >= 15 is 0 Å². The van der Waals surface area contributed by atoms with Crippen LogP contribution in [0, 0.1) is 13.8 Å². The standard InChI is InChI=1S/C20H23NOS/c1-15-11-16(2)13-19(12-15)20(22)18-5-3-17(4-6-18)14-21-7-9-23-10-8-21/h3-6,11-13H,7-10,14H2,1-2H3. The quantitative estimate of drug-likeness (QED) is 0.790. The van der Waals surface area contributed by atoms with Gasteiger partial charge in [0.15, 0.2) is 5.78 Å². The van der Waals surface area contributed by atoms with Gasteiger partial charge in [-0.05, 0) is 31.5 Å². The second kappa shape index (κ2) is 7.33. The van der Waals surface area contributed by atoms with Crippen molar-refractivity contribution in [2.75, 3.05) is 24.6 Å². The van der Waals surface area contributed by atoms with Gasteiger partial charge < -0.3 is 0 Å². The molecule has 1 aliphatic heterocycles. The number of hydrogen-bond acceptors (Lipinski definition) is 3. The molecule has 0 aromatic heterocycles. The van der Waals surface area contributed by atoms with E-state index in [1.165, 1.54) is 17.1 Å². The monoisotopic (exact) mass is 325 g/mol. The number of aryl methyl sites for hydroxylation is 2. The topological polar surface area (TPSA) is 20.3 Å². The van der Waals surface area contributed by atoms with Crippen LogP contribution in [-0.4, -0.2) is 35.3 Å². The lowest BCUT2D eigenvalue weighted by molar-refractivity contribution is 0.103. The molecule has 2 aromatic carbocycles. The predicted octanol–water partition coefficient (Wildman–Crippen LogP) is 4.08. The van der Waals surface area contributed by atoms with Crippen LogP contribution in [0.1, 0.15) is 32.6 Å². The molecule has 23 heavy (non-hydrogen) atoms. The normalized spacial score (nSPS) is 15.6. The summed E-state index contributed by atoms with van der Waals surface area (Å²) in [5.74, 6) is 2.56. The van der Waals surface area contributed by atoms with E-state index in [1.54, 1.807) is 0 Å². The summed E-state index contributed by atoms with van der Waals surface area (Å²) in [6.07, 6.45) is 0. The van der Waals surface area contributed by atoms with Gasteiger partial charge in [0.25, 0.3) is 0 Å². The Morgan fingerprint density at radius 2 is 1.57 bits per heavy atom. The zero-order valence-corrected chi connectivity index (χ0v) is 14.7. The van der Waals surface area contributed by atoms with E-state index in [0.717, 1.165) is 41.9 Å². The SMILES string of the molecule is Cc1cc(C)cc(C(=O)c2ccc(CN3CCSCC3)cc2)c1. The van der Waals surface area contributed by atoms with Gasteiger partial charge >= 0.3 is 0 Å². The fourth-order valence-electron chi connectivity index (χ4n) is 3.05. The van der Waals surface area contributed by atoms with Gasteiger partial charge in [-0.1, -0.05) is 41.5 Å². The lowest BCUT2D eigenvalue weighted by atomic mass is 9.98. The third-order valence-corrected chi connectivity index (χ3v) is 5.15. The Morgan fingerprint density at radius 3 is 2.17 bits per heavy atom. The van der Waals surface area contributed by atoms with Crippen molar-refractivity contribution in [3.05, 3.63) is 70.3 Å². The van der Waals surface area contributed by atoms with Crippen LogP contribution in [0.15, 0.2) is 42.5 Å². The van der Waals surface area contributed by atoms with Gasteiger partial charge in [-0.15, -0.1) is 0 Å². The van der Waals surface area contributed by atoms with E-state index in [0.29, 0.717) is 0 Å². The van der Waals surface area contributed by atoms with E-state index < -0.39 is 0 Å². The molecule has 0 unspecified atom stereocenters. The summed E-state index contributed by atoms with van der Waals surface area (Å²) in [5.41, 5.74) is 5.10. The molecule has 1 fully saturated rings. The van der Waals surface area contributed by atoms with Crippen molar-refractivity contribution in [2.45, 2.75) is 20.4 Å². The zero-order chi connectivity index (χ0) is 16.2. The van der Waals surface area contributed by atoms with Crippen molar-refractivity contribution in [3.8, 4) is 0 Å². The number of carbonyl (C=O) groups is 1. The highest BCUT2D eigenvalue weighted by Crippen LogP contribution is 2.17. The average molecular weight is 325 g/mol. The van der Waals surface area contributed by atoms with Gasteiger partial charge in [-0.25, -0.2) is 0 Å². The molecule has 0 saturated carbocycles. The smallest absolute Gasteiger partial charge is 0.193 e. The Morgan fingerprint density at radius 1 is 0.957 bits per heavy atom.